The van der Waals surface area contributed by atoms with E-state index in [0.29, 0.717) is 0 Å². The molecular weight excluding hydrogens is 442 g/mol. The van der Waals surface area contributed by atoms with Gasteiger partial charge >= 0.3 is 157 Å². The minimum atomic E-state index is -1.79. The number of hydrogen-bond donors (Lipinski definition) is 0. The van der Waals surface area contributed by atoms with E-state index in [1.165, 1.54) is 39.3 Å². The summed E-state index contributed by atoms with van der Waals surface area (Å²) in [5.41, 5.74) is 0. The molecule has 0 unspecified atom stereocenters. The summed E-state index contributed by atoms with van der Waals surface area (Å²) in [7, 11) is -3.85. The Morgan fingerprint density at radius 1 is 0.478 bits per heavy atom. The summed E-state index contributed by atoms with van der Waals surface area (Å²) >= 11 is -1.79. The molecule has 3 aliphatic rings. The van der Waals surface area contributed by atoms with Crippen LogP contribution in [0.25, 0.3) is 0 Å². The SMILES string of the molecule is C[Si](C)(C)[N]1CCN2CC[N]([Si](C)(C)C)[Sb]1[N]([Si](C)(C)C)CC2. The second-order valence-corrected chi connectivity index (χ2v) is 33.7. The van der Waals surface area contributed by atoms with Crippen LogP contribution in [0.2, 0.25) is 58.9 Å². The number of hydrogen-bond acceptors (Lipinski definition) is 4. The molecule has 0 atom stereocenters. The average Bonchev–Trinajstić information content (AvgIpc) is 2.19. The Morgan fingerprint density at radius 3 is 0.957 bits per heavy atom. The molecule has 0 radical (unpaired) electrons. The molecule has 0 N–H and O–H groups in total. The van der Waals surface area contributed by atoms with Gasteiger partial charge in [0.1, 0.15) is 0 Å². The molecule has 0 spiro atoms. The van der Waals surface area contributed by atoms with Gasteiger partial charge in [-0.3, -0.25) is 0 Å². The molecule has 0 aromatic carbocycles. The summed E-state index contributed by atoms with van der Waals surface area (Å²) in [6.45, 7) is 31.2. The molecule has 3 fully saturated rings. The maximum atomic E-state index is 3.12. The van der Waals surface area contributed by atoms with Gasteiger partial charge in [0.15, 0.2) is 0 Å². The van der Waals surface area contributed by atoms with Gasteiger partial charge in [-0.05, 0) is 0 Å². The molecule has 3 heterocycles. The Hall–Kier alpha value is 1.31. The quantitative estimate of drug-likeness (QED) is 0.575. The molecule has 3 saturated heterocycles. The summed E-state index contributed by atoms with van der Waals surface area (Å²) in [6, 6.07) is 0. The molecule has 4 nitrogen and oxygen atoms in total. The Balaban J connectivity index is 2.53. The van der Waals surface area contributed by atoms with Crippen LogP contribution in [0.15, 0.2) is 0 Å². The molecule has 23 heavy (non-hydrogen) atoms. The van der Waals surface area contributed by atoms with Gasteiger partial charge in [0.2, 0.25) is 0 Å². The van der Waals surface area contributed by atoms with E-state index in [1.54, 1.807) is 0 Å². The zero-order valence-electron chi connectivity index (χ0n) is 17.0. The zero-order chi connectivity index (χ0) is 17.6. The zero-order valence-corrected chi connectivity index (χ0v) is 22.5. The molecule has 0 saturated carbocycles. The van der Waals surface area contributed by atoms with E-state index < -0.39 is 45.7 Å². The van der Waals surface area contributed by atoms with Gasteiger partial charge in [-0.2, -0.15) is 0 Å². The normalized spacial score (nSPS) is 25.4. The molecule has 0 aromatic heterocycles. The first-order valence-corrected chi connectivity index (χ1v) is 22.9. The number of fused-ring (bicyclic) bond motifs is 6. The van der Waals surface area contributed by atoms with E-state index >= 15 is 0 Å². The van der Waals surface area contributed by atoms with Crippen LogP contribution < -0.4 is 0 Å². The van der Waals surface area contributed by atoms with Crippen molar-refractivity contribution in [2.24, 2.45) is 0 Å². The second-order valence-electron chi connectivity index (χ2n) is 9.99. The fourth-order valence-electron chi connectivity index (χ4n) is 3.51. The van der Waals surface area contributed by atoms with Crippen molar-refractivity contribution >= 4 is 45.7 Å². The third-order valence-electron chi connectivity index (χ3n) is 4.85. The van der Waals surface area contributed by atoms with Crippen LogP contribution >= 0.6 is 0 Å². The number of rotatable bonds is 3. The molecular formula is C15H39N4SbSi3. The molecule has 8 heteroatoms. The van der Waals surface area contributed by atoms with Gasteiger partial charge < -0.3 is 0 Å². The second kappa shape index (κ2) is 7.14. The van der Waals surface area contributed by atoms with Crippen molar-refractivity contribution in [1.82, 2.24) is 13.1 Å². The molecule has 2 bridgehead atoms. The van der Waals surface area contributed by atoms with E-state index in [9.17, 15) is 0 Å². The first kappa shape index (κ1) is 20.6. The van der Waals surface area contributed by atoms with Crippen molar-refractivity contribution in [1.29, 1.82) is 0 Å². The van der Waals surface area contributed by atoms with Crippen LogP contribution in [0.1, 0.15) is 0 Å². The van der Waals surface area contributed by atoms with E-state index in [-0.39, 0.29) is 0 Å². The van der Waals surface area contributed by atoms with Crippen LogP contribution in [-0.4, -0.2) is 98.1 Å². The van der Waals surface area contributed by atoms with Crippen molar-refractivity contribution in [2.45, 2.75) is 58.9 Å². The summed E-state index contributed by atoms with van der Waals surface area (Å²) in [4.78, 5) is 2.75. The van der Waals surface area contributed by atoms with Crippen LogP contribution in [0.4, 0.5) is 0 Å². The van der Waals surface area contributed by atoms with Crippen molar-refractivity contribution in [3.05, 3.63) is 0 Å². The summed E-state index contributed by atoms with van der Waals surface area (Å²) in [5, 5.41) is 0. The van der Waals surface area contributed by atoms with Crippen LogP contribution in [0.5, 0.6) is 0 Å². The van der Waals surface area contributed by atoms with Crippen LogP contribution in [-0.2, 0) is 0 Å². The number of nitrogens with zero attached hydrogens (tertiary/aromatic N) is 4. The van der Waals surface area contributed by atoms with E-state index in [1.807, 2.05) is 0 Å². The summed E-state index contributed by atoms with van der Waals surface area (Å²) in [6.07, 6.45) is 0. The first-order valence-electron chi connectivity index (χ1n) is 9.17. The summed E-state index contributed by atoms with van der Waals surface area (Å²) < 4.78 is 9.37. The predicted molar refractivity (Wildman–Crippen MR) is 112 cm³/mol. The topological polar surface area (TPSA) is 13.0 Å². The minimum absolute atomic E-state index is 1.28. The molecule has 3 rings (SSSR count). The van der Waals surface area contributed by atoms with Crippen LogP contribution in [0.3, 0.4) is 0 Å². The first-order chi connectivity index (χ1) is 10.3. The molecule has 0 aromatic rings. The Labute approximate surface area is 156 Å². The van der Waals surface area contributed by atoms with Crippen molar-refractivity contribution in [2.75, 3.05) is 39.3 Å². The van der Waals surface area contributed by atoms with Gasteiger partial charge in [-0.15, -0.1) is 0 Å². The van der Waals surface area contributed by atoms with E-state index in [2.05, 4.69) is 72.0 Å². The van der Waals surface area contributed by atoms with Gasteiger partial charge in [0.25, 0.3) is 0 Å². The van der Waals surface area contributed by atoms with Gasteiger partial charge in [-0.25, -0.2) is 0 Å². The predicted octanol–water partition coefficient (Wildman–Crippen LogP) is 2.71. The van der Waals surface area contributed by atoms with Gasteiger partial charge in [-0.1, -0.05) is 0 Å². The average molecular weight is 482 g/mol. The van der Waals surface area contributed by atoms with Gasteiger partial charge in [0, 0.05) is 0 Å². The molecule has 3 aliphatic heterocycles. The molecule has 0 aliphatic carbocycles. The van der Waals surface area contributed by atoms with E-state index in [4.69, 9.17) is 0 Å². The Bertz CT molecular complexity index is 355. The van der Waals surface area contributed by atoms with Crippen molar-refractivity contribution in [3.63, 3.8) is 0 Å². The standard InChI is InChI=1S/C15H39N4Si3.Sb/c1-20(2,3)16-10-13-19(14-11-17-21(4,5)6)15-12-18-22(7,8)9;/h10-15H2,1-9H3;/q-3;+3. The Morgan fingerprint density at radius 2 is 0.739 bits per heavy atom. The third kappa shape index (κ3) is 4.94. The third-order valence-corrected chi connectivity index (χ3v) is 34.6. The molecule has 136 valence electrons. The fraction of sp³-hybridized carbons (Fsp3) is 1.00. The van der Waals surface area contributed by atoms with Crippen LogP contribution in [0, 0.1) is 0 Å². The van der Waals surface area contributed by atoms with Crippen molar-refractivity contribution in [3.8, 4) is 0 Å². The van der Waals surface area contributed by atoms with Gasteiger partial charge in [0.05, 0.1) is 0 Å². The van der Waals surface area contributed by atoms with Crippen molar-refractivity contribution < 1.29 is 0 Å². The maximum absolute atomic E-state index is 3.12. The molecule has 0 amide bonds. The fourth-order valence-corrected chi connectivity index (χ4v) is 31.9. The summed E-state index contributed by atoms with van der Waals surface area (Å²) in [5.74, 6) is 0. The van der Waals surface area contributed by atoms with E-state index in [0.717, 1.165) is 0 Å². The Kier molecular flexibility index (Phi) is 6.40. The monoisotopic (exact) mass is 480 g/mol.